The maximum absolute atomic E-state index is 12.4. The van der Waals surface area contributed by atoms with E-state index in [1.807, 2.05) is 26.0 Å². The molecule has 2 aromatic rings. The van der Waals surface area contributed by atoms with Gasteiger partial charge in [-0.15, -0.1) is 0 Å². The van der Waals surface area contributed by atoms with E-state index in [-0.39, 0.29) is 17.8 Å². The minimum atomic E-state index is -3.22. The largest absolute Gasteiger partial charge is 0.493 e. The number of rotatable bonds is 6. The van der Waals surface area contributed by atoms with Crippen molar-refractivity contribution < 1.29 is 22.7 Å². The summed E-state index contributed by atoms with van der Waals surface area (Å²) in [6.45, 7) is 4.96. The summed E-state index contributed by atoms with van der Waals surface area (Å²) in [6.07, 6.45) is 4.75. The average molecular weight is 443 g/mol. The van der Waals surface area contributed by atoms with Gasteiger partial charge in [-0.2, -0.15) is 0 Å². The summed E-state index contributed by atoms with van der Waals surface area (Å²) in [7, 11) is -3.22. The van der Waals surface area contributed by atoms with Crippen molar-refractivity contribution in [1.82, 2.24) is 0 Å². The molecule has 8 heteroatoms. The Morgan fingerprint density at radius 3 is 2.74 bits per heavy atom. The Morgan fingerprint density at radius 2 is 2.06 bits per heavy atom. The first-order valence-corrected chi connectivity index (χ1v) is 12.0. The van der Waals surface area contributed by atoms with Crippen LogP contribution in [0.15, 0.2) is 42.5 Å². The Labute approximate surface area is 182 Å². The molecule has 2 aliphatic heterocycles. The second-order valence-corrected chi connectivity index (χ2v) is 9.69. The molecule has 1 saturated heterocycles. The smallest absolute Gasteiger partial charge is 0.248 e. The number of hydrogen-bond acceptors (Lipinski definition) is 5. The first-order chi connectivity index (χ1) is 14.9. The number of nitrogens with one attached hydrogen (secondary N) is 1. The van der Waals surface area contributed by atoms with Crippen molar-refractivity contribution in [2.75, 3.05) is 28.5 Å². The van der Waals surface area contributed by atoms with E-state index in [4.69, 9.17) is 9.47 Å². The number of carbonyl (C=O) groups excluding carboxylic acids is 1. The predicted octanol–water partition coefficient (Wildman–Crippen LogP) is 3.60. The maximum atomic E-state index is 12.4. The topological polar surface area (TPSA) is 84.9 Å². The zero-order chi connectivity index (χ0) is 22.0. The number of anilines is 2. The summed E-state index contributed by atoms with van der Waals surface area (Å²) in [5.41, 5.74) is 3.09. The molecule has 2 heterocycles. The third-order valence-corrected chi connectivity index (χ3v) is 7.13. The first kappa shape index (κ1) is 21.2. The molecular weight excluding hydrogens is 416 g/mol. The van der Waals surface area contributed by atoms with Gasteiger partial charge in [0.2, 0.25) is 15.9 Å². The first-order valence-electron chi connectivity index (χ1n) is 10.4. The Balaban J connectivity index is 1.45. The molecule has 2 aromatic carbocycles. The van der Waals surface area contributed by atoms with Gasteiger partial charge in [-0.1, -0.05) is 0 Å². The van der Waals surface area contributed by atoms with Crippen molar-refractivity contribution in [2.24, 2.45) is 0 Å². The minimum absolute atomic E-state index is 0.130. The molecule has 0 aliphatic carbocycles. The van der Waals surface area contributed by atoms with Gasteiger partial charge in [0.05, 0.1) is 18.0 Å². The highest BCUT2D eigenvalue weighted by Gasteiger charge is 2.28. The Morgan fingerprint density at radius 1 is 1.29 bits per heavy atom. The van der Waals surface area contributed by atoms with Crippen molar-refractivity contribution in [3.63, 3.8) is 0 Å². The van der Waals surface area contributed by atoms with Crippen molar-refractivity contribution >= 4 is 33.4 Å². The summed E-state index contributed by atoms with van der Waals surface area (Å²) in [5, 5.41) is 2.80. The van der Waals surface area contributed by atoms with E-state index < -0.39 is 10.0 Å². The lowest BCUT2D eigenvalue weighted by Gasteiger charge is -2.17. The molecule has 0 saturated carbocycles. The van der Waals surface area contributed by atoms with Crippen LogP contribution >= 0.6 is 0 Å². The Hall–Kier alpha value is -3.00. The van der Waals surface area contributed by atoms with Gasteiger partial charge >= 0.3 is 0 Å². The fraction of sp³-hybridized carbons (Fsp3) is 0.348. The number of carbonyl (C=O) groups is 1. The molecule has 0 spiro atoms. The summed E-state index contributed by atoms with van der Waals surface area (Å²) < 4.78 is 37.0. The van der Waals surface area contributed by atoms with Gasteiger partial charge in [0.25, 0.3) is 0 Å². The van der Waals surface area contributed by atoms with Crippen LogP contribution in [0.4, 0.5) is 11.4 Å². The predicted molar refractivity (Wildman–Crippen MR) is 121 cm³/mol. The van der Waals surface area contributed by atoms with Gasteiger partial charge in [0.15, 0.2) is 0 Å². The molecule has 1 amide bonds. The highest BCUT2D eigenvalue weighted by Crippen LogP contribution is 2.35. The standard InChI is InChI=1S/C23H26N2O5S/c1-3-29-21-15-18-13-16(2)30-22(18)14-17(21)5-10-23(26)24-19-6-8-20(9-7-19)25-11-4-12-31(25,27)28/h5-10,14-16H,3-4,11-13H2,1-2H3,(H,24,26)/b10-5+. The van der Waals surface area contributed by atoms with Crippen LogP contribution in [0.1, 0.15) is 31.4 Å². The molecule has 7 nitrogen and oxygen atoms in total. The van der Waals surface area contributed by atoms with E-state index >= 15 is 0 Å². The van der Waals surface area contributed by atoms with E-state index in [0.29, 0.717) is 30.9 Å². The van der Waals surface area contributed by atoms with Crippen LogP contribution in [0.5, 0.6) is 11.5 Å². The molecule has 4 rings (SSSR count). The Kier molecular flexibility index (Phi) is 5.91. The molecule has 164 valence electrons. The van der Waals surface area contributed by atoms with Gasteiger partial charge in [0.1, 0.15) is 17.6 Å². The zero-order valence-corrected chi connectivity index (χ0v) is 18.4. The summed E-state index contributed by atoms with van der Waals surface area (Å²) in [4.78, 5) is 12.4. The van der Waals surface area contributed by atoms with Gasteiger partial charge in [-0.25, -0.2) is 8.42 Å². The molecule has 1 atom stereocenters. The minimum Gasteiger partial charge on any atom is -0.493 e. The molecule has 0 aromatic heterocycles. The zero-order valence-electron chi connectivity index (χ0n) is 17.6. The fourth-order valence-electron chi connectivity index (χ4n) is 3.86. The normalized spacial score (nSPS) is 19.3. The van der Waals surface area contributed by atoms with E-state index in [1.54, 1.807) is 30.3 Å². The van der Waals surface area contributed by atoms with Crippen molar-refractivity contribution in [3.05, 3.63) is 53.6 Å². The second-order valence-electron chi connectivity index (χ2n) is 7.67. The maximum Gasteiger partial charge on any atom is 0.248 e. The highest BCUT2D eigenvalue weighted by molar-refractivity contribution is 7.93. The number of hydrogen-bond donors (Lipinski definition) is 1. The number of ether oxygens (including phenoxy) is 2. The van der Waals surface area contributed by atoms with Crippen LogP contribution in [-0.2, 0) is 21.2 Å². The monoisotopic (exact) mass is 442 g/mol. The number of nitrogens with zero attached hydrogens (tertiary/aromatic N) is 1. The van der Waals surface area contributed by atoms with Crippen LogP contribution in [0.25, 0.3) is 6.08 Å². The van der Waals surface area contributed by atoms with Crippen LogP contribution < -0.4 is 19.1 Å². The molecule has 1 N–H and O–H groups in total. The highest BCUT2D eigenvalue weighted by atomic mass is 32.2. The van der Waals surface area contributed by atoms with E-state index in [1.165, 1.54) is 10.4 Å². The van der Waals surface area contributed by atoms with Crippen molar-refractivity contribution in [1.29, 1.82) is 0 Å². The van der Waals surface area contributed by atoms with Gasteiger partial charge < -0.3 is 14.8 Å². The van der Waals surface area contributed by atoms with Gasteiger partial charge in [-0.3, -0.25) is 9.10 Å². The molecule has 0 radical (unpaired) electrons. The summed E-state index contributed by atoms with van der Waals surface area (Å²) >= 11 is 0. The molecule has 0 bridgehead atoms. The van der Waals surface area contributed by atoms with E-state index in [2.05, 4.69) is 5.32 Å². The van der Waals surface area contributed by atoms with Crippen LogP contribution in [0.2, 0.25) is 0 Å². The summed E-state index contributed by atoms with van der Waals surface area (Å²) in [5.74, 6) is 1.42. The molecular formula is C23H26N2O5S. The molecule has 31 heavy (non-hydrogen) atoms. The third-order valence-electron chi connectivity index (χ3n) is 5.26. The second kappa shape index (κ2) is 8.63. The summed E-state index contributed by atoms with van der Waals surface area (Å²) in [6, 6.07) is 10.7. The van der Waals surface area contributed by atoms with Gasteiger partial charge in [0, 0.05) is 35.9 Å². The lowest BCUT2D eigenvalue weighted by Crippen LogP contribution is -2.24. The molecule has 1 fully saturated rings. The van der Waals surface area contributed by atoms with Crippen molar-refractivity contribution in [3.8, 4) is 11.5 Å². The van der Waals surface area contributed by atoms with E-state index in [9.17, 15) is 13.2 Å². The van der Waals surface area contributed by atoms with Crippen LogP contribution in [0.3, 0.4) is 0 Å². The number of benzene rings is 2. The average Bonchev–Trinajstić information content (AvgIpc) is 3.27. The quantitative estimate of drug-likeness (QED) is 0.691. The van der Waals surface area contributed by atoms with Crippen LogP contribution in [0, 0.1) is 0 Å². The third kappa shape index (κ3) is 4.69. The number of amides is 1. The number of sulfonamides is 1. The molecule has 2 aliphatic rings. The van der Waals surface area contributed by atoms with Crippen molar-refractivity contribution in [2.45, 2.75) is 32.8 Å². The van der Waals surface area contributed by atoms with Gasteiger partial charge in [-0.05, 0) is 62.7 Å². The number of fused-ring (bicyclic) bond motifs is 1. The van der Waals surface area contributed by atoms with E-state index in [0.717, 1.165) is 29.0 Å². The Bertz CT molecular complexity index is 1110. The molecule has 1 unspecified atom stereocenters. The SMILES string of the molecule is CCOc1cc2c(cc1/C=C/C(=O)Nc1ccc(N3CCCS3(=O)=O)cc1)OC(C)C2. The lowest BCUT2D eigenvalue weighted by atomic mass is 10.1. The fourth-order valence-corrected chi connectivity index (χ4v) is 5.42. The lowest BCUT2D eigenvalue weighted by molar-refractivity contribution is -0.111. The van der Waals surface area contributed by atoms with Crippen LogP contribution in [-0.4, -0.2) is 39.3 Å².